The van der Waals surface area contributed by atoms with Crippen molar-refractivity contribution in [2.75, 3.05) is 13.7 Å². The number of nitrogens with one attached hydrogen (secondary N) is 1. The molecule has 0 aliphatic carbocycles. The molecule has 1 atom stereocenters. The Kier molecular flexibility index (Phi) is 5.62. The van der Waals surface area contributed by atoms with Gasteiger partial charge in [0.05, 0.1) is 35.1 Å². The van der Waals surface area contributed by atoms with Gasteiger partial charge in [-0.1, -0.05) is 0 Å². The van der Waals surface area contributed by atoms with Gasteiger partial charge in [0.1, 0.15) is 0 Å². The molecule has 0 aliphatic rings. The molecule has 17 heavy (non-hydrogen) atoms. The number of halogens is 1. The van der Waals surface area contributed by atoms with Crippen molar-refractivity contribution in [3.8, 4) is 0 Å². The van der Waals surface area contributed by atoms with Crippen LogP contribution in [0.5, 0.6) is 0 Å². The van der Waals surface area contributed by atoms with E-state index in [1.165, 1.54) is 0 Å². The molecule has 1 aromatic heterocycles. The Bertz CT molecular complexity index is 350. The summed E-state index contributed by atoms with van der Waals surface area (Å²) in [7, 11) is 1.94. The van der Waals surface area contributed by atoms with E-state index in [-0.39, 0.29) is 12.1 Å². The van der Waals surface area contributed by atoms with Crippen molar-refractivity contribution in [2.24, 2.45) is 0 Å². The lowest BCUT2D eigenvalue weighted by molar-refractivity contribution is 0.0605. The van der Waals surface area contributed by atoms with Gasteiger partial charge in [-0.15, -0.1) is 0 Å². The normalized spacial score (nSPS) is 13.6. The van der Waals surface area contributed by atoms with E-state index >= 15 is 0 Å². The second-order valence-corrected chi connectivity index (χ2v) is 5.49. The predicted molar refractivity (Wildman–Crippen MR) is 73.2 cm³/mol. The van der Waals surface area contributed by atoms with Crippen LogP contribution in [0.2, 0.25) is 0 Å². The summed E-state index contributed by atoms with van der Waals surface area (Å²) in [6, 6.07) is 0.489. The molecule has 0 amide bonds. The topological polar surface area (TPSA) is 39.1 Å². The molecule has 0 aromatic carbocycles. The van der Waals surface area contributed by atoms with Gasteiger partial charge in [-0.05, 0) is 50.7 Å². The van der Waals surface area contributed by atoms with Crippen LogP contribution in [0.4, 0.5) is 0 Å². The zero-order valence-corrected chi connectivity index (χ0v) is 12.8. The number of ether oxygens (including phenoxy) is 1. The fourth-order valence-corrected chi connectivity index (χ4v) is 2.23. The highest BCUT2D eigenvalue weighted by Crippen LogP contribution is 2.26. The van der Waals surface area contributed by atoms with Crippen LogP contribution in [0.3, 0.4) is 0 Å². The summed E-state index contributed by atoms with van der Waals surface area (Å²) >= 11 is 3.56. The molecule has 0 saturated carbocycles. The highest BCUT2D eigenvalue weighted by Gasteiger charge is 2.20. The highest BCUT2D eigenvalue weighted by atomic mass is 79.9. The van der Waals surface area contributed by atoms with Crippen molar-refractivity contribution in [1.29, 1.82) is 0 Å². The standard InChI is InChI=1S/C12H22BrN3O/c1-8(2)16-12(10(13)6-15-16)11(14-5)7-17-9(3)4/h6,8-9,11,14H,7H2,1-5H3. The van der Waals surface area contributed by atoms with Crippen LogP contribution in [-0.4, -0.2) is 29.5 Å². The molecule has 0 aliphatic heterocycles. The van der Waals surface area contributed by atoms with E-state index in [4.69, 9.17) is 4.74 Å². The lowest BCUT2D eigenvalue weighted by Crippen LogP contribution is -2.27. The van der Waals surface area contributed by atoms with Crippen LogP contribution >= 0.6 is 15.9 Å². The lowest BCUT2D eigenvalue weighted by atomic mass is 10.2. The summed E-state index contributed by atoms with van der Waals surface area (Å²) < 4.78 is 8.73. The molecule has 0 saturated heterocycles. The SMILES string of the molecule is CNC(COC(C)C)c1c(Br)cnn1C(C)C. The van der Waals surface area contributed by atoms with E-state index < -0.39 is 0 Å². The number of nitrogens with zero attached hydrogens (tertiary/aromatic N) is 2. The van der Waals surface area contributed by atoms with Gasteiger partial charge in [-0.2, -0.15) is 5.10 Å². The second-order valence-electron chi connectivity index (χ2n) is 4.64. The first-order chi connectivity index (χ1) is 7.97. The van der Waals surface area contributed by atoms with Crippen molar-refractivity contribution >= 4 is 15.9 Å². The smallest absolute Gasteiger partial charge is 0.0739 e. The number of hydrogen-bond donors (Lipinski definition) is 1. The third-order valence-electron chi connectivity index (χ3n) is 2.55. The van der Waals surface area contributed by atoms with E-state index in [2.05, 4.69) is 40.2 Å². The van der Waals surface area contributed by atoms with E-state index in [0.717, 1.165) is 10.2 Å². The number of rotatable bonds is 6. The molecular weight excluding hydrogens is 282 g/mol. The third-order valence-corrected chi connectivity index (χ3v) is 3.16. The van der Waals surface area contributed by atoms with Gasteiger partial charge in [0.15, 0.2) is 0 Å². The predicted octanol–water partition coefficient (Wildman–Crippen LogP) is 2.91. The fourth-order valence-electron chi connectivity index (χ4n) is 1.68. The Morgan fingerprint density at radius 2 is 2.06 bits per heavy atom. The van der Waals surface area contributed by atoms with Crippen LogP contribution in [0, 0.1) is 0 Å². The van der Waals surface area contributed by atoms with Gasteiger partial charge in [-0.3, -0.25) is 4.68 Å². The van der Waals surface area contributed by atoms with Crippen molar-refractivity contribution in [2.45, 2.75) is 45.9 Å². The molecule has 4 nitrogen and oxygen atoms in total. The van der Waals surface area contributed by atoms with Gasteiger partial charge in [0, 0.05) is 6.04 Å². The van der Waals surface area contributed by atoms with Gasteiger partial charge >= 0.3 is 0 Å². The van der Waals surface area contributed by atoms with E-state index in [1.807, 2.05) is 31.8 Å². The molecule has 0 fully saturated rings. The minimum atomic E-state index is 0.150. The Labute approximate surface area is 112 Å². The van der Waals surface area contributed by atoms with Gasteiger partial charge in [0.2, 0.25) is 0 Å². The molecule has 0 spiro atoms. The van der Waals surface area contributed by atoms with E-state index in [1.54, 1.807) is 0 Å². The van der Waals surface area contributed by atoms with Crippen molar-refractivity contribution < 1.29 is 4.74 Å². The molecule has 1 rings (SSSR count). The fraction of sp³-hybridized carbons (Fsp3) is 0.750. The molecule has 98 valence electrons. The second kappa shape index (κ2) is 6.52. The Hall–Kier alpha value is -0.390. The molecule has 5 heteroatoms. The summed E-state index contributed by atoms with van der Waals surface area (Å²) in [4.78, 5) is 0. The summed E-state index contributed by atoms with van der Waals surface area (Å²) in [5, 5.41) is 7.67. The molecule has 1 aromatic rings. The summed E-state index contributed by atoms with van der Waals surface area (Å²) in [5.41, 5.74) is 1.14. The molecule has 1 unspecified atom stereocenters. The van der Waals surface area contributed by atoms with Crippen LogP contribution in [0.25, 0.3) is 0 Å². The first-order valence-corrected chi connectivity index (χ1v) is 6.78. The van der Waals surface area contributed by atoms with Crippen LogP contribution in [0.15, 0.2) is 10.7 Å². The quantitative estimate of drug-likeness (QED) is 0.878. The minimum Gasteiger partial charge on any atom is -0.377 e. The molecular formula is C12H22BrN3O. The van der Waals surface area contributed by atoms with Gasteiger partial charge in [-0.25, -0.2) is 0 Å². The zero-order chi connectivity index (χ0) is 13.0. The summed E-state index contributed by atoms with van der Waals surface area (Å²) in [6.45, 7) is 8.98. The summed E-state index contributed by atoms with van der Waals surface area (Å²) in [5.74, 6) is 0. The maximum absolute atomic E-state index is 5.68. The first-order valence-electron chi connectivity index (χ1n) is 5.99. The minimum absolute atomic E-state index is 0.150. The van der Waals surface area contributed by atoms with Gasteiger partial charge in [0.25, 0.3) is 0 Å². The number of likely N-dealkylation sites (N-methyl/N-ethyl adjacent to an activating group) is 1. The largest absolute Gasteiger partial charge is 0.377 e. The Morgan fingerprint density at radius 3 is 2.53 bits per heavy atom. The third kappa shape index (κ3) is 3.79. The maximum Gasteiger partial charge on any atom is 0.0739 e. The Balaban J connectivity index is 2.90. The Morgan fingerprint density at radius 1 is 1.41 bits per heavy atom. The first kappa shape index (κ1) is 14.7. The average Bonchev–Trinajstić information content (AvgIpc) is 2.62. The van der Waals surface area contributed by atoms with Crippen LogP contribution < -0.4 is 5.32 Å². The van der Waals surface area contributed by atoms with E-state index in [0.29, 0.717) is 12.6 Å². The monoisotopic (exact) mass is 303 g/mol. The van der Waals surface area contributed by atoms with E-state index in [9.17, 15) is 0 Å². The highest BCUT2D eigenvalue weighted by molar-refractivity contribution is 9.10. The number of aromatic nitrogens is 2. The van der Waals surface area contributed by atoms with Gasteiger partial charge < -0.3 is 10.1 Å². The van der Waals surface area contributed by atoms with Crippen molar-refractivity contribution in [1.82, 2.24) is 15.1 Å². The van der Waals surface area contributed by atoms with Crippen LogP contribution in [0.1, 0.15) is 45.5 Å². The maximum atomic E-state index is 5.68. The zero-order valence-electron chi connectivity index (χ0n) is 11.2. The lowest BCUT2D eigenvalue weighted by Gasteiger charge is -2.21. The van der Waals surface area contributed by atoms with Crippen molar-refractivity contribution in [3.63, 3.8) is 0 Å². The summed E-state index contributed by atoms with van der Waals surface area (Å²) in [6.07, 6.45) is 2.08. The molecule has 1 heterocycles. The molecule has 0 radical (unpaired) electrons. The van der Waals surface area contributed by atoms with Crippen molar-refractivity contribution in [3.05, 3.63) is 16.4 Å². The molecule has 1 N–H and O–H groups in total. The average molecular weight is 304 g/mol. The van der Waals surface area contributed by atoms with Crippen LogP contribution in [-0.2, 0) is 4.74 Å². The number of hydrogen-bond acceptors (Lipinski definition) is 3. The molecule has 0 bridgehead atoms.